The SMILES string of the molecule is C[C@]12CC[C@@H]3c4ccc(OCCCO)cc4CC[C@H]3[C@@H]1CC[C@@H]2NCc1cccc(C(F)(F)F)c1. The van der Waals surface area contributed by atoms with Crippen LogP contribution in [0.4, 0.5) is 13.2 Å². The molecule has 0 heterocycles. The summed E-state index contributed by atoms with van der Waals surface area (Å²) in [4.78, 5) is 0. The Morgan fingerprint density at radius 1 is 1.09 bits per heavy atom. The number of aliphatic hydroxyl groups is 1. The predicted octanol–water partition coefficient (Wildman–Crippen LogP) is 6.48. The van der Waals surface area contributed by atoms with Crippen LogP contribution in [0.2, 0.25) is 0 Å². The highest BCUT2D eigenvalue weighted by Gasteiger charge is 2.54. The summed E-state index contributed by atoms with van der Waals surface area (Å²) >= 11 is 0. The molecular weight excluding hydrogens is 451 g/mol. The van der Waals surface area contributed by atoms with Gasteiger partial charge < -0.3 is 15.2 Å². The van der Waals surface area contributed by atoms with Crippen molar-refractivity contribution >= 4 is 0 Å². The minimum absolute atomic E-state index is 0.143. The molecule has 6 heteroatoms. The fourth-order valence-corrected chi connectivity index (χ4v) is 7.34. The first kappa shape index (κ1) is 24.6. The van der Waals surface area contributed by atoms with Crippen LogP contribution in [0.25, 0.3) is 0 Å². The van der Waals surface area contributed by atoms with E-state index in [0.29, 0.717) is 48.9 Å². The highest BCUT2D eigenvalue weighted by atomic mass is 19.4. The predicted molar refractivity (Wildman–Crippen MR) is 130 cm³/mol. The van der Waals surface area contributed by atoms with E-state index >= 15 is 0 Å². The maximum Gasteiger partial charge on any atom is 0.416 e. The fourth-order valence-electron chi connectivity index (χ4n) is 7.34. The van der Waals surface area contributed by atoms with Gasteiger partial charge in [0.15, 0.2) is 0 Å². The molecule has 3 aliphatic carbocycles. The van der Waals surface area contributed by atoms with Gasteiger partial charge in [-0.25, -0.2) is 0 Å². The highest BCUT2D eigenvalue weighted by molar-refractivity contribution is 5.41. The number of ether oxygens (including phenoxy) is 1. The van der Waals surface area contributed by atoms with E-state index in [1.54, 1.807) is 6.07 Å². The lowest BCUT2D eigenvalue weighted by Gasteiger charge is -2.51. The van der Waals surface area contributed by atoms with Gasteiger partial charge in [-0.2, -0.15) is 13.2 Å². The van der Waals surface area contributed by atoms with E-state index < -0.39 is 11.7 Å². The van der Waals surface area contributed by atoms with Crippen molar-refractivity contribution in [3.63, 3.8) is 0 Å². The Kier molecular flexibility index (Phi) is 6.88. The van der Waals surface area contributed by atoms with E-state index in [0.717, 1.165) is 37.5 Å². The largest absolute Gasteiger partial charge is 0.493 e. The first-order chi connectivity index (χ1) is 16.8. The summed E-state index contributed by atoms with van der Waals surface area (Å²) in [6, 6.07) is 12.6. The molecule has 0 bridgehead atoms. The number of halogens is 3. The summed E-state index contributed by atoms with van der Waals surface area (Å²) in [7, 11) is 0. The van der Waals surface area contributed by atoms with Crippen LogP contribution >= 0.6 is 0 Å². The van der Waals surface area contributed by atoms with Crippen LogP contribution in [0, 0.1) is 17.3 Å². The molecule has 2 fully saturated rings. The average molecular weight is 488 g/mol. The molecule has 35 heavy (non-hydrogen) atoms. The first-order valence-corrected chi connectivity index (χ1v) is 13.1. The summed E-state index contributed by atoms with van der Waals surface area (Å²) in [5.41, 5.74) is 3.21. The summed E-state index contributed by atoms with van der Waals surface area (Å²) < 4.78 is 45.1. The Morgan fingerprint density at radius 3 is 2.74 bits per heavy atom. The second kappa shape index (κ2) is 9.78. The number of fused-ring (bicyclic) bond motifs is 5. The fraction of sp³-hybridized carbons (Fsp3) is 0.586. The van der Waals surface area contributed by atoms with Gasteiger partial charge in [-0.1, -0.05) is 31.2 Å². The van der Waals surface area contributed by atoms with Crippen molar-refractivity contribution in [3.05, 3.63) is 64.7 Å². The Labute approximate surface area is 206 Å². The van der Waals surface area contributed by atoms with Crippen molar-refractivity contribution < 1.29 is 23.0 Å². The lowest BCUT2D eigenvalue weighted by Crippen LogP contribution is -2.48. The van der Waals surface area contributed by atoms with E-state index in [9.17, 15) is 13.2 Å². The quantitative estimate of drug-likeness (QED) is 0.439. The smallest absolute Gasteiger partial charge is 0.416 e. The molecule has 190 valence electrons. The molecule has 5 rings (SSSR count). The van der Waals surface area contributed by atoms with Gasteiger partial charge in [0.05, 0.1) is 12.2 Å². The minimum Gasteiger partial charge on any atom is -0.493 e. The third-order valence-corrected chi connectivity index (χ3v) is 9.08. The van der Waals surface area contributed by atoms with Crippen LogP contribution in [0.1, 0.15) is 73.6 Å². The maximum atomic E-state index is 13.1. The maximum absolute atomic E-state index is 13.1. The minimum atomic E-state index is -4.30. The molecule has 0 aliphatic heterocycles. The van der Waals surface area contributed by atoms with Gasteiger partial charge in [0.1, 0.15) is 5.75 Å². The van der Waals surface area contributed by atoms with Crippen molar-refractivity contribution in [2.24, 2.45) is 17.3 Å². The highest BCUT2D eigenvalue weighted by Crippen LogP contribution is 2.61. The van der Waals surface area contributed by atoms with Gasteiger partial charge >= 0.3 is 6.18 Å². The van der Waals surface area contributed by atoms with Crippen molar-refractivity contribution in [2.75, 3.05) is 13.2 Å². The van der Waals surface area contributed by atoms with Crippen molar-refractivity contribution in [2.45, 2.75) is 76.6 Å². The third kappa shape index (κ3) is 4.84. The monoisotopic (exact) mass is 487 g/mol. The Bertz CT molecular complexity index is 1040. The summed E-state index contributed by atoms with van der Waals surface area (Å²) in [6.45, 7) is 3.58. The number of alkyl halides is 3. The van der Waals surface area contributed by atoms with Crippen molar-refractivity contribution in [1.29, 1.82) is 0 Å². The molecule has 3 aliphatic rings. The van der Waals surface area contributed by atoms with Crippen LogP contribution < -0.4 is 10.1 Å². The lowest BCUT2D eigenvalue weighted by atomic mass is 9.55. The van der Waals surface area contributed by atoms with Gasteiger partial charge in [-0.15, -0.1) is 0 Å². The Balaban J connectivity index is 1.26. The number of hydrogen-bond donors (Lipinski definition) is 2. The summed E-state index contributed by atoms with van der Waals surface area (Å²) in [6.07, 6.45) is 3.20. The van der Waals surface area contributed by atoms with Gasteiger partial charge in [0.2, 0.25) is 0 Å². The van der Waals surface area contributed by atoms with Gasteiger partial charge in [0, 0.05) is 25.6 Å². The van der Waals surface area contributed by atoms with Gasteiger partial charge in [0.25, 0.3) is 0 Å². The standard InChI is InChI=1S/C29H36F3NO2/c1-28-13-12-24-23-9-7-22(35-15-3-14-34)17-20(23)6-8-25(24)26(28)10-11-27(28)33-18-19-4-2-5-21(16-19)29(30,31)32/h2,4-5,7,9,16-17,24-27,33-34H,3,6,8,10-15,18H2,1H3/t24-,25-,26+,27+,28+/m1/s1. The molecule has 0 saturated heterocycles. The molecule has 0 radical (unpaired) electrons. The van der Waals surface area contributed by atoms with E-state index in [4.69, 9.17) is 9.84 Å². The van der Waals surface area contributed by atoms with Crippen LogP contribution in [0.3, 0.4) is 0 Å². The number of nitrogens with one attached hydrogen (secondary N) is 1. The zero-order valence-electron chi connectivity index (χ0n) is 20.4. The number of aliphatic hydroxyl groups excluding tert-OH is 1. The van der Waals surface area contributed by atoms with Crippen molar-refractivity contribution in [1.82, 2.24) is 5.32 Å². The Morgan fingerprint density at radius 2 is 1.94 bits per heavy atom. The summed E-state index contributed by atoms with van der Waals surface area (Å²) in [5, 5.41) is 12.6. The topological polar surface area (TPSA) is 41.5 Å². The molecule has 0 spiro atoms. The molecule has 0 unspecified atom stereocenters. The number of benzene rings is 2. The zero-order valence-corrected chi connectivity index (χ0v) is 20.4. The Hall–Kier alpha value is -2.05. The number of rotatable bonds is 7. The second-order valence-corrected chi connectivity index (χ2v) is 11.0. The van der Waals surface area contributed by atoms with E-state index in [2.05, 4.69) is 30.4 Å². The van der Waals surface area contributed by atoms with E-state index in [-0.39, 0.29) is 12.0 Å². The van der Waals surface area contributed by atoms with Crippen LogP contribution in [0.15, 0.2) is 42.5 Å². The molecule has 5 atom stereocenters. The molecule has 2 aromatic carbocycles. The van der Waals surface area contributed by atoms with E-state index in [1.807, 2.05) is 0 Å². The molecule has 3 nitrogen and oxygen atoms in total. The normalized spacial score (nSPS) is 29.9. The van der Waals surface area contributed by atoms with Crippen LogP contribution in [-0.4, -0.2) is 24.4 Å². The first-order valence-electron chi connectivity index (χ1n) is 13.1. The third-order valence-electron chi connectivity index (χ3n) is 9.08. The molecule has 0 amide bonds. The summed E-state index contributed by atoms with van der Waals surface area (Å²) in [5.74, 6) is 2.80. The number of hydrogen-bond acceptors (Lipinski definition) is 3. The van der Waals surface area contributed by atoms with Gasteiger partial charge in [-0.05, 0) is 96.6 Å². The molecule has 2 aromatic rings. The van der Waals surface area contributed by atoms with Crippen LogP contribution in [-0.2, 0) is 19.1 Å². The average Bonchev–Trinajstić information content (AvgIpc) is 3.18. The molecule has 2 saturated carbocycles. The van der Waals surface area contributed by atoms with Crippen LogP contribution in [0.5, 0.6) is 5.75 Å². The van der Waals surface area contributed by atoms with Gasteiger partial charge in [-0.3, -0.25) is 0 Å². The zero-order chi connectivity index (χ0) is 24.6. The van der Waals surface area contributed by atoms with E-state index in [1.165, 1.54) is 36.1 Å². The second-order valence-electron chi connectivity index (χ2n) is 11.0. The van der Waals surface area contributed by atoms with Crippen molar-refractivity contribution in [3.8, 4) is 5.75 Å². The lowest BCUT2D eigenvalue weighted by molar-refractivity contribution is -0.137. The molecule has 0 aromatic heterocycles. The molecular formula is C29H36F3NO2. The molecule has 2 N–H and O–H groups in total. The number of aryl methyl sites for hydroxylation is 1.